The Morgan fingerprint density at radius 1 is 1.00 bits per heavy atom. The fourth-order valence-electron chi connectivity index (χ4n) is 1.48. The highest BCUT2D eigenvalue weighted by atomic mass is 28.2. The molecule has 74 valence electrons. The zero-order valence-corrected chi connectivity index (χ0v) is 10.5. The van der Waals surface area contributed by atoms with Crippen molar-refractivity contribution in [2.75, 3.05) is 13.1 Å². The van der Waals surface area contributed by atoms with Crippen LogP contribution >= 0.6 is 0 Å². The van der Waals surface area contributed by atoms with E-state index in [0.29, 0.717) is 0 Å². The quantitative estimate of drug-likeness (QED) is 0.417. The number of hydrogen-bond donors (Lipinski definition) is 0. The maximum atomic E-state index is 2.64. The van der Waals surface area contributed by atoms with E-state index in [1.54, 1.807) is 0 Å². The molecular weight excluding hydrogens is 162 g/mol. The summed E-state index contributed by atoms with van der Waals surface area (Å²) in [6.07, 6.45) is 7.10. The molecule has 0 rings (SSSR count). The third-order valence-corrected chi connectivity index (χ3v) is 4.13. The monoisotopic (exact) mass is 187 g/mol. The number of rotatable bonds is 8. The van der Waals surface area contributed by atoms with Crippen molar-refractivity contribution in [2.45, 2.75) is 52.5 Å². The Bertz CT molecular complexity index is 81.9. The molecule has 0 saturated heterocycles. The predicted octanol–water partition coefficient (Wildman–Crippen LogP) is 2.41. The molecule has 0 saturated carbocycles. The lowest BCUT2D eigenvalue weighted by molar-refractivity contribution is 0.442. The molecule has 0 spiro atoms. The van der Waals surface area contributed by atoms with Gasteiger partial charge in [0.15, 0.2) is 0 Å². The normalized spacial score (nSPS) is 12.0. The highest BCUT2D eigenvalue weighted by Crippen LogP contribution is 2.03. The zero-order valence-electron chi connectivity index (χ0n) is 9.10. The van der Waals surface area contributed by atoms with E-state index in [0.717, 1.165) is 0 Å². The van der Waals surface area contributed by atoms with Crippen molar-refractivity contribution in [3.63, 3.8) is 0 Å². The van der Waals surface area contributed by atoms with Gasteiger partial charge in [0, 0.05) is 0 Å². The van der Waals surface area contributed by atoms with Gasteiger partial charge >= 0.3 is 0 Å². The third-order valence-electron chi connectivity index (χ3n) is 2.47. The Morgan fingerprint density at radius 2 is 1.67 bits per heavy atom. The summed E-state index contributed by atoms with van der Waals surface area (Å²) in [5, 5.41) is 0. The smallest absolute Gasteiger partial charge is 0.0919 e. The second-order valence-electron chi connectivity index (χ2n) is 3.44. The van der Waals surface area contributed by atoms with Gasteiger partial charge in [0.25, 0.3) is 0 Å². The van der Waals surface area contributed by atoms with Crippen LogP contribution in [0.25, 0.3) is 0 Å². The SMILES string of the molecule is CCCCCCCN(CC)[SiH2]C. The Kier molecular flexibility index (Phi) is 9.40. The average molecular weight is 187 g/mol. The number of nitrogens with zero attached hydrogens (tertiary/aromatic N) is 1. The fraction of sp³-hybridized carbons (Fsp3) is 1.00. The molecule has 0 amide bonds. The highest BCUT2D eigenvalue weighted by molar-refractivity contribution is 6.29. The Morgan fingerprint density at radius 3 is 2.17 bits per heavy atom. The van der Waals surface area contributed by atoms with Gasteiger partial charge in [0.1, 0.15) is 0 Å². The van der Waals surface area contributed by atoms with Gasteiger partial charge in [0.2, 0.25) is 0 Å². The van der Waals surface area contributed by atoms with Crippen LogP contribution < -0.4 is 0 Å². The summed E-state index contributed by atoms with van der Waals surface area (Å²) in [5.74, 6) is 0. The molecule has 0 aliphatic rings. The van der Waals surface area contributed by atoms with Crippen LogP contribution in [-0.4, -0.2) is 27.3 Å². The standard InChI is InChI=1S/C10H25NSi/c1-4-6-7-8-9-10-11(5-2)12-3/h4-10,12H2,1-3H3. The summed E-state index contributed by atoms with van der Waals surface area (Å²) in [7, 11) is 0.122. The van der Waals surface area contributed by atoms with Gasteiger partial charge in [-0.05, 0) is 19.5 Å². The van der Waals surface area contributed by atoms with Crippen LogP contribution in [-0.2, 0) is 0 Å². The van der Waals surface area contributed by atoms with Gasteiger partial charge in [-0.2, -0.15) is 0 Å². The molecule has 0 N–H and O–H groups in total. The molecule has 0 aromatic heterocycles. The molecule has 0 aliphatic heterocycles. The summed E-state index contributed by atoms with van der Waals surface area (Å²) in [4.78, 5) is 0. The van der Waals surface area contributed by atoms with Crippen molar-refractivity contribution in [2.24, 2.45) is 0 Å². The van der Waals surface area contributed by atoms with Gasteiger partial charge in [-0.25, -0.2) is 0 Å². The van der Waals surface area contributed by atoms with Crippen LogP contribution in [0.15, 0.2) is 0 Å². The van der Waals surface area contributed by atoms with Crippen molar-refractivity contribution in [1.82, 2.24) is 4.57 Å². The average Bonchev–Trinajstić information content (AvgIpc) is 2.11. The van der Waals surface area contributed by atoms with Gasteiger partial charge in [-0.15, -0.1) is 0 Å². The van der Waals surface area contributed by atoms with Gasteiger partial charge in [0.05, 0.1) is 9.68 Å². The van der Waals surface area contributed by atoms with E-state index in [9.17, 15) is 0 Å². The van der Waals surface area contributed by atoms with Crippen molar-refractivity contribution in [1.29, 1.82) is 0 Å². The van der Waals surface area contributed by atoms with E-state index in [-0.39, 0.29) is 9.68 Å². The summed E-state index contributed by atoms with van der Waals surface area (Å²) >= 11 is 0. The van der Waals surface area contributed by atoms with E-state index in [1.165, 1.54) is 45.2 Å². The molecule has 0 radical (unpaired) electrons. The van der Waals surface area contributed by atoms with E-state index < -0.39 is 0 Å². The minimum Gasteiger partial charge on any atom is -0.330 e. The Hall–Kier alpha value is 0.177. The lowest BCUT2D eigenvalue weighted by Gasteiger charge is -2.17. The summed E-state index contributed by atoms with van der Waals surface area (Å²) < 4.78 is 2.64. The van der Waals surface area contributed by atoms with Gasteiger partial charge in [-0.1, -0.05) is 46.1 Å². The molecule has 0 aliphatic carbocycles. The summed E-state index contributed by atoms with van der Waals surface area (Å²) in [5.41, 5.74) is 0. The number of unbranched alkanes of at least 4 members (excludes halogenated alkanes) is 4. The van der Waals surface area contributed by atoms with E-state index >= 15 is 0 Å². The first-order valence-corrected chi connectivity index (χ1v) is 7.62. The molecule has 1 nitrogen and oxygen atoms in total. The third kappa shape index (κ3) is 6.86. The molecule has 0 unspecified atom stereocenters. The molecule has 0 aromatic rings. The first-order chi connectivity index (χ1) is 5.85. The van der Waals surface area contributed by atoms with E-state index in [2.05, 4.69) is 25.0 Å². The largest absolute Gasteiger partial charge is 0.330 e. The molecule has 0 heterocycles. The molecule has 12 heavy (non-hydrogen) atoms. The summed E-state index contributed by atoms with van der Waals surface area (Å²) in [6, 6.07) is 0. The van der Waals surface area contributed by atoms with Crippen molar-refractivity contribution in [3.8, 4) is 0 Å². The second-order valence-corrected chi connectivity index (χ2v) is 4.97. The maximum Gasteiger partial charge on any atom is 0.0919 e. The first-order valence-electron chi connectivity index (χ1n) is 5.57. The van der Waals surface area contributed by atoms with Crippen molar-refractivity contribution >= 4 is 9.68 Å². The molecule has 0 fully saturated rings. The minimum absolute atomic E-state index is 0.122. The topological polar surface area (TPSA) is 3.24 Å². The molecule has 2 heteroatoms. The fourth-order valence-corrected chi connectivity index (χ4v) is 2.47. The lowest BCUT2D eigenvalue weighted by atomic mass is 10.1. The Balaban J connectivity index is 3.06. The number of hydrogen-bond acceptors (Lipinski definition) is 1. The van der Waals surface area contributed by atoms with E-state index in [1.807, 2.05) is 0 Å². The zero-order chi connectivity index (χ0) is 9.23. The molecule has 0 bridgehead atoms. The molecule has 0 aromatic carbocycles. The second kappa shape index (κ2) is 9.27. The van der Waals surface area contributed by atoms with Crippen molar-refractivity contribution < 1.29 is 0 Å². The predicted molar refractivity (Wildman–Crippen MR) is 60.4 cm³/mol. The van der Waals surface area contributed by atoms with Crippen LogP contribution in [0.2, 0.25) is 6.55 Å². The van der Waals surface area contributed by atoms with Crippen LogP contribution in [0.3, 0.4) is 0 Å². The molecular formula is C10H25NSi. The van der Waals surface area contributed by atoms with Crippen LogP contribution in [0.4, 0.5) is 0 Å². The van der Waals surface area contributed by atoms with Gasteiger partial charge < -0.3 is 4.57 Å². The van der Waals surface area contributed by atoms with Gasteiger partial charge in [-0.3, -0.25) is 0 Å². The maximum absolute atomic E-state index is 2.64. The Labute approximate surface area is 80.4 Å². The lowest BCUT2D eigenvalue weighted by Crippen LogP contribution is -2.26. The van der Waals surface area contributed by atoms with Crippen LogP contribution in [0.1, 0.15) is 46.0 Å². The first kappa shape index (κ1) is 12.2. The molecule has 0 atom stereocenters. The van der Waals surface area contributed by atoms with Crippen LogP contribution in [0.5, 0.6) is 0 Å². The van der Waals surface area contributed by atoms with E-state index in [4.69, 9.17) is 0 Å². The van der Waals surface area contributed by atoms with Crippen LogP contribution in [0, 0.1) is 0 Å². The van der Waals surface area contributed by atoms with Crippen molar-refractivity contribution in [3.05, 3.63) is 0 Å². The highest BCUT2D eigenvalue weighted by Gasteiger charge is 1.97. The summed E-state index contributed by atoms with van der Waals surface area (Å²) in [6.45, 7) is 9.58. The minimum atomic E-state index is 0.122.